The molecule has 0 aliphatic heterocycles. The van der Waals surface area contributed by atoms with Crippen molar-refractivity contribution in [1.29, 1.82) is 0 Å². The summed E-state index contributed by atoms with van der Waals surface area (Å²) in [4.78, 5) is 31.8. The van der Waals surface area contributed by atoms with Crippen molar-refractivity contribution in [3.05, 3.63) is 94.0 Å². The van der Waals surface area contributed by atoms with E-state index in [0.29, 0.717) is 16.7 Å². The molecular weight excluding hydrogens is 471 g/mol. The van der Waals surface area contributed by atoms with E-state index in [1.165, 1.54) is 53.7 Å². The normalized spacial score (nSPS) is 15.6. The molecule has 2 aromatic carbocycles. The third kappa shape index (κ3) is 4.56. The number of alkyl halides is 2. The fourth-order valence-corrected chi connectivity index (χ4v) is 4.54. The molecule has 10 heteroatoms. The van der Waals surface area contributed by atoms with Gasteiger partial charge < -0.3 is 15.4 Å². The summed E-state index contributed by atoms with van der Waals surface area (Å²) in [5.74, 6) is -2.56. The largest absolute Gasteiger partial charge is 0.434 e. The molecule has 6 nitrogen and oxygen atoms in total. The summed E-state index contributed by atoms with van der Waals surface area (Å²) in [5.41, 5.74) is 6.63. The van der Waals surface area contributed by atoms with E-state index in [2.05, 4.69) is 9.72 Å². The average molecular weight is 490 g/mol. The van der Waals surface area contributed by atoms with Crippen LogP contribution in [0.25, 0.3) is 0 Å². The summed E-state index contributed by atoms with van der Waals surface area (Å²) in [5, 5.41) is 0.119. The van der Waals surface area contributed by atoms with E-state index in [1.54, 1.807) is 12.1 Å². The number of hydrogen-bond donors (Lipinski definition) is 1. The van der Waals surface area contributed by atoms with Gasteiger partial charge in [0.1, 0.15) is 17.6 Å². The number of pyridine rings is 1. The van der Waals surface area contributed by atoms with Gasteiger partial charge in [0.2, 0.25) is 5.91 Å². The molecule has 34 heavy (non-hydrogen) atoms. The molecule has 0 radical (unpaired) electrons. The molecule has 2 amide bonds. The smallest absolute Gasteiger partial charge is 0.387 e. The Morgan fingerprint density at radius 1 is 1.18 bits per heavy atom. The number of amides is 2. The van der Waals surface area contributed by atoms with Crippen molar-refractivity contribution in [2.45, 2.75) is 31.5 Å². The number of nitrogens with two attached hydrogens (primary N) is 1. The Kier molecular flexibility index (Phi) is 6.74. The molecule has 1 aromatic heterocycles. The van der Waals surface area contributed by atoms with Crippen molar-refractivity contribution >= 4 is 23.4 Å². The highest BCUT2D eigenvalue weighted by molar-refractivity contribution is 6.30. The minimum absolute atomic E-state index is 0.119. The van der Waals surface area contributed by atoms with Crippen molar-refractivity contribution in [3.8, 4) is 5.75 Å². The Balaban J connectivity index is 1.89. The zero-order valence-electron chi connectivity index (χ0n) is 17.6. The Morgan fingerprint density at radius 3 is 2.62 bits per heavy atom. The molecule has 176 valence electrons. The minimum atomic E-state index is -3.17. The first kappa shape index (κ1) is 23.6. The highest BCUT2D eigenvalue weighted by atomic mass is 35.5. The van der Waals surface area contributed by atoms with Crippen molar-refractivity contribution < 1.29 is 27.5 Å². The molecule has 1 aliphatic carbocycles. The molecule has 2 N–H and O–H groups in total. The van der Waals surface area contributed by atoms with Gasteiger partial charge in [0.25, 0.3) is 5.91 Å². The number of fused-ring (bicyclic) bond motifs is 1. The average Bonchev–Trinajstić information content (AvgIpc) is 3.21. The number of aromatic nitrogens is 1. The second kappa shape index (κ2) is 9.72. The summed E-state index contributed by atoms with van der Waals surface area (Å²) in [7, 11) is 0. The van der Waals surface area contributed by atoms with E-state index >= 15 is 0 Å². The van der Waals surface area contributed by atoms with Gasteiger partial charge in [-0.15, -0.1) is 0 Å². The van der Waals surface area contributed by atoms with Gasteiger partial charge >= 0.3 is 6.61 Å². The Labute approximate surface area is 198 Å². The quantitative estimate of drug-likeness (QED) is 0.515. The summed E-state index contributed by atoms with van der Waals surface area (Å²) in [6, 6.07) is 9.15. The predicted octanol–water partition coefficient (Wildman–Crippen LogP) is 4.83. The number of para-hydroxylation sites is 1. The molecule has 2 atom stereocenters. The highest BCUT2D eigenvalue weighted by Crippen LogP contribution is 2.43. The summed E-state index contributed by atoms with van der Waals surface area (Å²) in [6.45, 7) is -3.17. The fourth-order valence-electron chi connectivity index (χ4n) is 4.33. The number of benzene rings is 2. The Bertz CT molecular complexity index is 1230. The number of ether oxygens (including phenoxy) is 1. The van der Waals surface area contributed by atoms with Gasteiger partial charge in [0.15, 0.2) is 0 Å². The third-order valence-corrected chi connectivity index (χ3v) is 5.89. The third-order valence-electron chi connectivity index (χ3n) is 5.67. The van der Waals surface area contributed by atoms with Gasteiger partial charge in [-0.2, -0.15) is 8.78 Å². The van der Waals surface area contributed by atoms with Crippen LogP contribution in [0.15, 0.2) is 60.9 Å². The van der Waals surface area contributed by atoms with Gasteiger partial charge in [0, 0.05) is 23.0 Å². The molecule has 0 spiro atoms. The molecular formula is C24H19ClF3N3O3. The van der Waals surface area contributed by atoms with Crippen molar-refractivity contribution in [3.63, 3.8) is 0 Å². The molecule has 1 aliphatic rings. The van der Waals surface area contributed by atoms with E-state index in [1.807, 2.05) is 0 Å². The van der Waals surface area contributed by atoms with Crippen LogP contribution in [0, 0.1) is 5.82 Å². The molecule has 3 aromatic rings. The minimum Gasteiger partial charge on any atom is -0.434 e. The Hall–Kier alpha value is -3.59. The molecule has 1 unspecified atom stereocenters. The maximum absolute atomic E-state index is 14.6. The molecule has 0 saturated carbocycles. The SMILES string of the molecule is NC(=O)C(c1cccnc1)N(C(=O)c1ccccc1OC(F)F)[C@@H]1CCc2c(F)cc(Cl)cc21. The second-order valence-electron chi connectivity index (χ2n) is 7.69. The molecule has 0 bridgehead atoms. The summed E-state index contributed by atoms with van der Waals surface area (Å²) in [6.07, 6.45) is 3.41. The number of nitrogens with zero attached hydrogens (tertiary/aromatic N) is 2. The van der Waals surface area contributed by atoms with Gasteiger partial charge in [-0.05, 0) is 54.3 Å². The van der Waals surface area contributed by atoms with Crippen molar-refractivity contribution in [2.75, 3.05) is 0 Å². The lowest BCUT2D eigenvalue weighted by Gasteiger charge is -2.36. The van der Waals surface area contributed by atoms with Crippen LogP contribution >= 0.6 is 11.6 Å². The van der Waals surface area contributed by atoms with Crippen LogP contribution in [-0.2, 0) is 11.2 Å². The molecule has 1 heterocycles. The highest BCUT2D eigenvalue weighted by Gasteiger charge is 2.41. The van der Waals surface area contributed by atoms with E-state index < -0.39 is 36.3 Å². The van der Waals surface area contributed by atoms with E-state index in [-0.39, 0.29) is 29.2 Å². The first-order chi connectivity index (χ1) is 16.3. The number of carbonyl (C=O) groups is 2. The van der Waals surface area contributed by atoms with Crippen LogP contribution in [-0.4, -0.2) is 28.3 Å². The first-order valence-corrected chi connectivity index (χ1v) is 10.7. The van der Waals surface area contributed by atoms with Gasteiger partial charge in [-0.1, -0.05) is 29.8 Å². The zero-order chi connectivity index (χ0) is 24.4. The van der Waals surface area contributed by atoms with E-state index in [4.69, 9.17) is 17.3 Å². The van der Waals surface area contributed by atoms with Crippen molar-refractivity contribution in [2.24, 2.45) is 5.73 Å². The molecule has 0 saturated heterocycles. The second-order valence-corrected chi connectivity index (χ2v) is 8.12. The number of hydrogen-bond acceptors (Lipinski definition) is 4. The number of carbonyl (C=O) groups excluding carboxylic acids is 2. The summed E-state index contributed by atoms with van der Waals surface area (Å²) < 4.78 is 45.2. The maximum Gasteiger partial charge on any atom is 0.387 e. The zero-order valence-corrected chi connectivity index (χ0v) is 18.4. The van der Waals surface area contributed by atoms with Crippen LogP contribution in [0.1, 0.15) is 45.6 Å². The Morgan fingerprint density at radius 2 is 1.94 bits per heavy atom. The molecule has 4 rings (SSSR count). The maximum atomic E-state index is 14.6. The fraction of sp³-hybridized carbons (Fsp3) is 0.208. The topological polar surface area (TPSA) is 85.5 Å². The monoisotopic (exact) mass is 489 g/mol. The standard InChI is InChI=1S/C24H19ClF3N3O3/c25-14-10-17-15(18(26)11-14)7-8-19(17)31(21(22(29)32)13-4-3-9-30-12-13)23(33)16-5-1-2-6-20(16)34-24(27)28/h1-6,9-12,19,21,24H,7-8H2,(H2,29,32)/t19-,21?/m1/s1. The van der Waals surface area contributed by atoms with Crippen LogP contribution in [0.2, 0.25) is 5.02 Å². The van der Waals surface area contributed by atoms with Gasteiger partial charge in [-0.25, -0.2) is 4.39 Å². The lowest BCUT2D eigenvalue weighted by atomic mass is 9.98. The van der Waals surface area contributed by atoms with Crippen LogP contribution < -0.4 is 10.5 Å². The van der Waals surface area contributed by atoms with Crippen LogP contribution in [0.5, 0.6) is 5.75 Å². The summed E-state index contributed by atoms with van der Waals surface area (Å²) >= 11 is 6.09. The van der Waals surface area contributed by atoms with Crippen LogP contribution in [0.4, 0.5) is 13.2 Å². The predicted molar refractivity (Wildman–Crippen MR) is 118 cm³/mol. The first-order valence-electron chi connectivity index (χ1n) is 10.3. The molecule has 0 fully saturated rings. The van der Waals surface area contributed by atoms with Crippen molar-refractivity contribution in [1.82, 2.24) is 9.88 Å². The lowest BCUT2D eigenvalue weighted by Crippen LogP contribution is -2.43. The number of halogens is 4. The van der Waals surface area contributed by atoms with Gasteiger partial charge in [-0.3, -0.25) is 14.6 Å². The van der Waals surface area contributed by atoms with E-state index in [9.17, 15) is 22.8 Å². The van der Waals surface area contributed by atoms with Crippen LogP contribution in [0.3, 0.4) is 0 Å². The lowest BCUT2D eigenvalue weighted by molar-refractivity contribution is -0.123. The van der Waals surface area contributed by atoms with E-state index in [0.717, 1.165) is 0 Å². The number of rotatable bonds is 7. The number of primary amides is 1. The van der Waals surface area contributed by atoms with Gasteiger partial charge in [0.05, 0.1) is 11.6 Å².